The molecule has 1 rings (SSSR count). The van der Waals surface area contributed by atoms with Gasteiger partial charge in [-0.05, 0) is 20.3 Å². The van der Waals surface area contributed by atoms with E-state index < -0.39 is 0 Å². The number of carbonyl (C=O) groups is 3. The van der Waals surface area contributed by atoms with Gasteiger partial charge in [0.2, 0.25) is 5.91 Å². The van der Waals surface area contributed by atoms with Gasteiger partial charge in [0.05, 0.1) is 13.5 Å². The highest BCUT2D eigenvalue weighted by Gasteiger charge is 2.17. The second-order valence-corrected chi connectivity index (χ2v) is 6.05. The summed E-state index contributed by atoms with van der Waals surface area (Å²) in [6.45, 7) is 5.84. The molecule has 0 aliphatic heterocycles. The van der Waals surface area contributed by atoms with E-state index in [2.05, 4.69) is 4.74 Å². The quantitative estimate of drug-likeness (QED) is 0.324. The number of esters is 1. The lowest BCUT2D eigenvalue weighted by molar-refractivity contribution is -0.141. The molecule has 6 nitrogen and oxygen atoms in total. The molecule has 0 saturated carbocycles. The Kier molecular flexibility index (Phi) is 10.2. The van der Waals surface area contributed by atoms with Gasteiger partial charge in [0.1, 0.15) is 0 Å². The largest absolute Gasteiger partial charge is 0.469 e. The summed E-state index contributed by atoms with van der Waals surface area (Å²) in [5, 5.41) is 0. The Labute approximate surface area is 155 Å². The zero-order valence-electron chi connectivity index (χ0n) is 16.0. The number of amides is 1. The third-order valence-electron chi connectivity index (χ3n) is 4.03. The van der Waals surface area contributed by atoms with Crippen LogP contribution in [0.15, 0.2) is 24.3 Å². The molecule has 0 radical (unpaired) electrons. The fraction of sp³-hybridized carbons (Fsp3) is 0.550. The molecule has 26 heavy (non-hydrogen) atoms. The first-order chi connectivity index (χ1) is 12.5. The number of benzene rings is 1. The maximum atomic E-state index is 12.5. The molecule has 1 amide bonds. The molecule has 144 valence electrons. The maximum absolute atomic E-state index is 12.5. The molecule has 0 bridgehead atoms. The van der Waals surface area contributed by atoms with Crippen molar-refractivity contribution in [2.45, 2.75) is 39.5 Å². The summed E-state index contributed by atoms with van der Waals surface area (Å²) in [6.07, 6.45) is 1.11. The fourth-order valence-corrected chi connectivity index (χ4v) is 2.45. The van der Waals surface area contributed by atoms with Crippen LogP contribution in [-0.4, -0.2) is 56.0 Å². The molecule has 1 aromatic rings. The van der Waals surface area contributed by atoms with Gasteiger partial charge in [-0.3, -0.25) is 14.4 Å². The summed E-state index contributed by atoms with van der Waals surface area (Å²) in [4.78, 5) is 37.7. The summed E-state index contributed by atoms with van der Waals surface area (Å²) >= 11 is 0. The maximum Gasteiger partial charge on any atom is 0.307 e. The van der Waals surface area contributed by atoms with E-state index in [9.17, 15) is 14.4 Å². The number of Topliss-reactive ketones (excluding diaryl/α,β-unsaturated/α-hetero) is 1. The van der Waals surface area contributed by atoms with E-state index in [-0.39, 0.29) is 43.5 Å². The predicted molar refractivity (Wildman–Crippen MR) is 99.1 cm³/mol. The highest BCUT2D eigenvalue weighted by molar-refractivity contribution is 5.98. The average Bonchev–Trinajstić information content (AvgIpc) is 2.65. The lowest BCUT2D eigenvalue weighted by Crippen LogP contribution is -2.34. The van der Waals surface area contributed by atoms with E-state index in [0.29, 0.717) is 31.7 Å². The number of ketones is 1. The van der Waals surface area contributed by atoms with Crippen LogP contribution in [0, 0.1) is 6.92 Å². The average molecular weight is 363 g/mol. The zero-order chi connectivity index (χ0) is 19.4. The summed E-state index contributed by atoms with van der Waals surface area (Å²) in [7, 11) is 1.32. The molecule has 1 aromatic carbocycles. The van der Waals surface area contributed by atoms with Crippen LogP contribution in [-0.2, 0) is 19.1 Å². The number of hydrogen-bond donors (Lipinski definition) is 0. The van der Waals surface area contributed by atoms with Gasteiger partial charge < -0.3 is 14.4 Å². The molecule has 0 fully saturated rings. The molecule has 0 N–H and O–H groups in total. The van der Waals surface area contributed by atoms with Gasteiger partial charge in [0.25, 0.3) is 0 Å². The normalized spacial score (nSPS) is 10.4. The second kappa shape index (κ2) is 12.2. The lowest BCUT2D eigenvalue weighted by Gasteiger charge is -2.22. The smallest absolute Gasteiger partial charge is 0.307 e. The first-order valence-corrected chi connectivity index (χ1v) is 9.00. The van der Waals surface area contributed by atoms with E-state index in [4.69, 9.17) is 4.74 Å². The van der Waals surface area contributed by atoms with Crippen LogP contribution in [0.3, 0.4) is 0 Å². The van der Waals surface area contributed by atoms with Gasteiger partial charge in [0, 0.05) is 44.7 Å². The number of aryl methyl sites for hydroxylation is 1. The SMILES string of the molecule is CCOCCCN(CCC(=O)OC)C(=O)CCC(=O)c1ccc(C)cc1. The van der Waals surface area contributed by atoms with E-state index >= 15 is 0 Å². The van der Waals surface area contributed by atoms with Crippen LogP contribution in [0.1, 0.15) is 48.5 Å². The van der Waals surface area contributed by atoms with Crippen molar-refractivity contribution in [2.24, 2.45) is 0 Å². The number of hydrogen-bond acceptors (Lipinski definition) is 5. The van der Waals surface area contributed by atoms with E-state index in [1.807, 2.05) is 26.0 Å². The van der Waals surface area contributed by atoms with Crippen LogP contribution in [0.4, 0.5) is 0 Å². The van der Waals surface area contributed by atoms with E-state index in [0.717, 1.165) is 5.56 Å². The van der Waals surface area contributed by atoms with Gasteiger partial charge in [-0.2, -0.15) is 0 Å². The molecule has 0 atom stereocenters. The standard InChI is InChI=1S/C20H29NO5/c1-4-26-15-5-13-21(14-12-20(24)25-3)19(23)11-10-18(22)17-8-6-16(2)7-9-17/h6-9H,4-5,10-15H2,1-3H3. The topological polar surface area (TPSA) is 72.9 Å². The third-order valence-corrected chi connectivity index (χ3v) is 4.03. The summed E-state index contributed by atoms with van der Waals surface area (Å²) in [5.41, 5.74) is 1.70. The molecule has 0 aromatic heterocycles. The second-order valence-electron chi connectivity index (χ2n) is 6.05. The highest BCUT2D eigenvalue weighted by Crippen LogP contribution is 2.09. The Morgan fingerprint density at radius 2 is 1.69 bits per heavy atom. The van der Waals surface area contributed by atoms with Crippen molar-refractivity contribution in [3.63, 3.8) is 0 Å². The Morgan fingerprint density at radius 3 is 2.31 bits per heavy atom. The van der Waals surface area contributed by atoms with Crippen LogP contribution in [0.5, 0.6) is 0 Å². The summed E-state index contributed by atoms with van der Waals surface area (Å²) in [5.74, 6) is -0.546. The van der Waals surface area contributed by atoms with Gasteiger partial charge in [0.15, 0.2) is 5.78 Å². The number of carbonyl (C=O) groups excluding carboxylic acids is 3. The first kappa shape index (κ1) is 21.8. The Balaban J connectivity index is 2.54. The predicted octanol–water partition coefficient (Wildman–Crippen LogP) is 2.78. The lowest BCUT2D eigenvalue weighted by atomic mass is 10.0. The number of nitrogens with zero attached hydrogens (tertiary/aromatic N) is 1. The van der Waals surface area contributed by atoms with Crippen LogP contribution < -0.4 is 0 Å². The summed E-state index contributed by atoms with van der Waals surface area (Å²) < 4.78 is 9.93. The van der Waals surface area contributed by atoms with E-state index in [1.54, 1.807) is 17.0 Å². The number of methoxy groups -OCH3 is 1. The van der Waals surface area contributed by atoms with Gasteiger partial charge in [-0.25, -0.2) is 0 Å². The fourth-order valence-electron chi connectivity index (χ4n) is 2.45. The minimum atomic E-state index is -0.358. The van der Waals surface area contributed by atoms with Crippen molar-refractivity contribution in [1.82, 2.24) is 4.90 Å². The number of ether oxygens (including phenoxy) is 2. The minimum Gasteiger partial charge on any atom is -0.469 e. The van der Waals surface area contributed by atoms with Crippen LogP contribution >= 0.6 is 0 Å². The molecular formula is C20H29NO5. The molecular weight excluding hydrogens is 334 g/mol. The molecule has 0 unspecified atom stereocenters. The van der Waals surface area contributed by atoms with Gasteiger partial charge in [-0.15, -0.1) is 0 Å². The van der Waals surface area contributed by atoms with Crippen molar-refractivity contribution in [3.8, 4) is 0 Å². The van der Waals surface area contributed by atoms with Crippen molar-refractivity contribution < 1.29 is 23.9 Å². The number of rotatable bonds is 12. The third kappa shape index (κ3) is 8.25. The molecule has 0 aliphatic carbocycles. The van der Waals surface area contributed by atoms with Crippen molar-refractivity contribution in [1.29, 1.82) is 0 Å². The minimum absolute atomic E-state index is 0.0550. The highest BCUT2D eigenvalue weighted by atomic mass is 16.5. The zero-order valence-corrected chi connectivity index (χ0v) is 16.0. The first-order valence-electron chi connectivity index (χ1n) is 9.00. The summed E-state index contributed by atoms with van der Waals surface area (Å²) in [6, 6.07) is 7.31. The van der Waals surface area contributed by atoms with E-state index in [1.165, 1.54) is 7.11 Å². The van der Waals surface area contributed by atoms with Gasteiger partial charge in [-0.1, -0.05) is 29.8 Å². The molecule has 0 saturated heterocycles. The van der Waals surface area contributed by atoms with Crippen molar-refractivity contribution in [2.75, 3.05) is 33.4 Å². The molecule has 0 heterocycles. The van der Waals surface area contributed by atoms with Crippen molar-refractivity contribution in [3.05, 3.63) is 35.4 Å². The molecule has 0 spiro atoms. The van der Waals surface area contributed by atoms with Crippen LogP contribution in [0.2, 0.25) is 0 Å². The molecule has 6 heteroatoms. The Hall–Kier alpha value is -2.21. The Morgan fingerprint density at radius 1 is 1.00 bits per heavy atom. The Bertz CT molecular complexity index is 582. The monoisotopic (exact) mass is 363 g/mol. The van der Waals surface area contributed by atoms with Gasteiger partial charge >= 0.3 is 5.97 Å². The molecule has 0 aliphatic rings. The van der Waals surface area contributed by atoms with Crippen LogP contribution in [0.25, 0.3) is 0 Å². The van der Waals surface area contributed by atoms with Crippen molar-refractivity contribution >= 4 is 17.7 Å².